The Morgan fingerprint density at radius 2 is 2.00 bits per heavy atom. The second-order valence-corrected chi connectivity index (χ2v) is 6.85. The van der Waals surface area contributed by atoms with Gasteiger partial charge in [0.15, 0.2) is 0 Å². The zero-order chi connectivity index (χ0) is 24.2. The first-order chi connectivity index (χ1) is 15.6. The van der Waals surface area contributed by atoms with E-state index in [9.17, 15) is 28.1 Å². The minimum atomic E-state index is -4.58. The van der Waals surface area contributed by atoms with E-state index in [1.807, 2.05) is 0 Å². The highest BCUT2D eigenvalue weighted by Crippen LogP contribution is 2.38. The number of aryl methyl sites for hydroxylation is 1. The van der Waals surface area contributed by atoms with Gasteiger partial charge in [0.2, 0.25) is 5.82 Å². The van der Waals surface area contributed by atoms with E-state index in [2.05, 4.69) is 15.4 Å². The second-order valence-electron chi connectivity index (χ2n) is 6.45. The first-order valence-electron chi connectivity index (χ1n) is 9.35. The summed E-state index contributed by atoms with van der Waals surface area (Å²) in [5.41, 5.74) is -1.36. The molecule has 0 aliphatic carbocycles. The van der Waals surface area contributed by atoms with Crippen molar-refractivity contribution in [3.05, 3.63) is 57.1 Å². The van der Waals surface area contributed by atoms with Crippen LogP contribution in [0.2, 0.25) is 5.02 Å². The SMILES string of the molecule is CCOC(=O)CCn1nnc(-c2cc(Oc3ccc(C(F)(F)F)cc3Cl)ccc2[N+](=O)[O-])n1. The number of rotatable bonds is 8. The number of hydrogen-bond acceptors (Lipinski definition) is 8. The van der Waals surface area contributed by atoms with E-state index < -0.39 is 22.6 Å². The number of esters is 1. The third-order valence-corrected chi connectivity index (χ3v) is 4.46. The van der Waals surface area contributed by atoms with Crippen molar-refractivity contribution in [2.45, 2.75) is 26.1 Å². The lowest BCUT2D eigenvalue weighted by Gasteiger charge is -2.11. The first-order valence-corrected chi connectivity index (χ1v) is 9.73. The maximum Gasteiger partial charge on any atom is 0.416 e. The molecular weight excluding hydrogens is 471 g/mol. The summed E-state index contributed by atoms with van der Waals surface area (Å²) >= 11 is 5.90. The van der Waals surface area contributed by atoms with E-state index in [0.717, 1.165) is 23.0 Å². The molecule has 0 aliphatic heterocycles. The van der Waals surface area contributed by atoms with Crippen LogP contribution < -0.4 is 4.74 Å². The number of aromatic nitrogens is 4. The summed E-state index contributed by atoms with van der Waals surface area (Å²) < 4.78 is 48.8. The van der Waals surface area contributed by atoms with E-state index in [-0.39, 0.29) is 53.2 Å². The molecule has 0 amide bonds. The average Bonchev–Trinajstić information content (AvgIpc) is 3.22. The number of carbonyl (C=O) groups excluding carboxylic acids is 1. The molecule has 3 aromatic rings. The quantitative estimate of drug-likeness (QED) is 0.256. The molecule has 10 nitrogen and oxygen atoms in total. The maximum absolute atomic E-state index is 12.8. The monoisotopic (exact) mass is 485 g/mol. The number of nitro groups is 1. The Bertz CT molecular complexity index is 1180. The summed E-state index contributed by atoms with van der Waals surface area (Å²) in [7, 11) is 0. The zero-order valence-corrected chi connectivity index (χ0v) is 17.6. The summed E-state index contributed by atoms with van der Waals surface area (Å²) in [4.78, 5) is 23.3. The largest absolute Gasteiger partial charge is 0.466 e. The van der Waals surface area contributed by atoms with Gasteiger partial charge in [0.1, 0.15) is 17.1 Å². The number of halogens is 4. The Labute approximate surface area is 189 Å². The third kappa shape index (κ3) is 5.94. The predicted octanol–water partition coefficient (Wildman–Crippen LogP) is 4.67. The van der Waals surface area contributed by atoms with Gasteiger partial charge in [-0.1, -0.05) is 11.6 Å². The molecule has 0 radical (unpaired) electrons. The van der Waals surface area contributed by atoms with Crippen molar-refractivity contribution < 1.29 is 32.4 Å². The van der Waals surface area contributed by atoms with Gasteiger partial charge in [0, 0.05) is 6.07 Å². The van der Waals surface area contributed by atoms with Crippen LogP contribution >= 0.6 is 11.6 Å². The molecule has 0 saturated carbocycles. The van der Waals surface area contributed by atoms with Crippen LogP contribution in [0, 0.1) is 10.1 Å². The summed E-state index contributed by atoms with van der Waals surface area (Å²) in [6.45, 7) is 1.92. The molecule has 1 heterocycles. The van der Waals surface area contributed by atoms with Crippen molar-refractivity contribution in [1.82, 2.24) is 20.2 Å². The number of ether oxygens (including phenoxy) is 2. The Balaban J connectivity index is 1.87. The van der Waals surface area contributed by atoms with Gasteiger partial charge >= 0.3 is 12.1 Å². The van der Waals surface area contributed by atoms with Crippen molar-refractivity contribution in [3.63, 3.8) is 0 Å². The third-order valence-electron chi connectivity index (χ3n) is 4.17. The lowest BCUT2D eigenvalue weighted by molar-refractivity contribution is -0.384. The summed E-state index contributed by atoms with van der Waals surface area (Å²) in [6, 6.07) is 6.15. The molecule has 2 aromatic carbocycles. The predicted molar refractivity (Wildman–Crippen MR) is 108 cm³/mol. The van der Waals surface area contributed by atoms with Gasteiger partial charge in [0.05, 0.1) is 35.1 Å². The van der Waals surface area contributed by atoms with E-state index in [0.29, 0.717) is 6.07 Å². The van der Waals surface area contributed by atoms with Gasteiger partial charge in [-0.2, -0.15) is 18.0 Å². The molecule has 0 bridgehead atoms. The van der Waals surface area contributed by atoms with Gasteiger partial charge in [0.25, 0.3) is 5.69 Å². The number of nitro benzene ring substituents is 1. The van der Waals surface area contributed by atoms with E-state index in [1.54, 1.807) is 6.92 Å². The van der Waals surface area contributed by atoms with Crippen molar-refractivity contribution in [2.75, 3.05) is 6.61 Å². The number of nitrogens with zero attached hydrogens (tertiary/aromatic N) is 5. The Kier molecular flexibility index (Phi) is 7.11. The normalized spacial score (nSPS) is 11.3. The number of benzene rings is 2. The highest BCUT2D eigenvalue weighted by Gasteiger charge is 2.31. The van der Waals surface area contributed by atoms with Gasteiger partial charge in [-0.25, -0.2) is 0 Å². The topological polar surface area (TPSA) is 122 Å². The number of tetrazole rings is 1. The van der Waals surface area contributed by atoms with E-state index in [1.165, 1.54) is 12.1 Å². The number of carbonyl (C=O) groups is 1. The van der Waals surface area contributed by atoms with E-state index >= 15 is 0 Å². The molecule has 0 aliphatic rings. The Morgan fingerprint density at radius 1 is 1.24 bits per heavy atom. The van der Waals surface area contributed by atoms with Crippen LogP contribution in [0.4, 0.5) is 18.9 Å². The lowest BCUT2D eigenvalue weighted by atomic mass is 10.1. The summed E-state index contributed by atoms with van der Waals surface area (Å²) in [5.74, 6) is -0.628. The van der Waals surface area contributed by atoms with Crippen LogP contribution in [0.3, 0.4) is 0 Å². The molecule has 0 spiro atoms. The lowest BCUT2D eigenvalue weighted by Crippen LogP contribution is -2.11. The molecule has 0 saturated heterocycles. The van der Waals surface area contributed by atoms with Crippen LogP contribution in [0.25, 0.3) is 11.4 Å². The van der Waals surface area contributed by atoms with Crippen molar-refractivity contribution in [1.29, 1.82) is 0 Å². The standard InChI is InChI=1S/C19H15ClF3N5O5/c1-2-32-17(29)7-8-27-25-18(24-26-27)13-10-12(4-5-15(13)28(30)31)33-16-6-3-11(9-14(16)20)19(21,22)23/h3-6,9-10H,2,7-8H2,1H3. The fraction of sp³-hybridized carbons (Fsp3) is 0.263. The highest BCUT2D eigenvalue weighted by molar-refractivity contribution is 6.32. The minimum absolute atomic E-state index is 0.0265. The smallest absolute Gasteiger partial charge is 0.416 e. The molecule has 33 heavy (non-hydrogen) atoms. The van der Waals surface area contributed by atoms with Gasteiger partial charge in [-0.3, -0.25) is 14.9 Å². The second kappa shape index (κ2) is 9.81. The minimum Gasteiger partial charge on any atom is -0.466 e. The molecule has 0 atom stereocenters. The van der Waals surface area contributed by atoms with Crippen LogP contribution in [0.15, 0.2) is 36.4 Å². The Morgan fingerprint density at radius 3 is 2.64 bits per heavy atom. The van der Waals surface area contributed by atoms with Crippen LogP contribution in [-0.2, 0) is 22.3 Å². The maximum atomic E-state index is 12.8. The van der Waals surface area contributed by atoms with Crippen molar-refractivity contribution in [2.24, 2.45) is 0 Å². The van der Waals surface area contributed by atoms with Crippen LogP contribution in [-0.4, -0.2) is 37.7 Å². The van der Waals surface area contributed by atoms with Gasteiger partial charge in [-0.05, 0) is 42.5 Å². The molecule has 0 unspecified atom stereocenters. The fourth-order valence-corrected chi connectivity index (χ4v) is 2.89. The van der Waals surface area contributed by atoms with Crippen LogP contribution in [0.5, 0.6) is 11.5 Å². The fourth-order valence-electron chi connectivity index (χ4n) is 2.67. The molecule has 14 heteroatoms. The Hall–Kier alpha value is -3.74. The number of alkyl halides is 3. The van der Waals surface area contributed by atoms with Gasteiger partial charge in [-0.15, -0.1) is 10.2 Å². The summed E-state index contributed by atoms with van der Waals surface area (Å²) in [6.07, 6.45) is -4.60. The molecule has 3 rings (SSSR count). The molecule has 174 valence electrons. The van der Waals surface area contributed by atoms with E-state index in [4.69, 9.17) is 21.1 Å². The average molecular weight is 486 g/mol. The molecule has 1 aromatic heterocycles. The highest BCUT2D eigenvalue weighted by atomic mass is 35.5. The first kappa shape index (κ1) is 23.9. The van der Waals surface area contributed by atoms with Crippen molar-refractivity contribution in [3.8, 4) is 22.9 Å². The zero-order valence-electron chi connectivity index (χ0n) is 16.9. The number of hydrogen-bond donors (Lipinski definition) is 0. The molecule has 0 N–H and O–H groups in total. The van der Waals surface area contributed by atoms with Crippen molar-refractivity contribution >= 4 is 23.3 Å². The molecule has 0 fully saturated rings. The summed E-state index contributed by atoms with van der Waals surface area (Å²) in [5, 5.41) is 22.7. The van der Waals surface area contributed by atoms with Gasteiger partial charge < -0.3 is 9.47 Å². The van der Waals surface area contributed by atoms with Crippen LogP contribution in [0.1, 0.15) is 18.9 Å². The molecular formula is C19H15ClF3N5O5.